The van der Waals surface area contributed by atoms with Crippen LogP contribution in [0.15, 0.2) is 12.3 Å². The number of aromatic nitrogens is 1. The number of hydrogen-bond acceptors (Lipinski definition) is 3. The molecule has 1 atom stereocenters. The highest BCUT2D eigenvalue weighted by Crippen LogP contribution is 2.23. The molecule has 6 heteroatoms. The highest BCUT2D eigenvalue weighted by molar-refractivity contribution is 9.09. The Morgan fingerprint density at radius 1 is 1.73 bits per heavy atom. The van der Waals surface area contributed by atoms with Crippen LogP contribution < -0.4 is 0 Å². The predicted molar refractivity (Wildman–Crippen MR) is 62.6 cm³/mol. The molecule has 1 aromatic heterocycles. The van der Waals surface area contributed by atoms with Crippen LogP contribution in [0.25, 0.3) is 0 Å². The summed E-state index contributed by atoms with van der Waals surface area (Å²) < 4.78 is 0. The quantitative estimate of drug-likeness (QED) is 0.486. The van der Waals surface area contributed by atoms with E-state index in [-0.39, 0.29) is 15.5 Å². The van der Waals surface area contributed by atoms with E-state index in [1.54, 1.807) is 0 Å². The topological polar surface area (TPSA) is 56.0 Å². The Morgan fingerprint density at radius 3 is 2.93 bits per heavy atom. The lowest BCUT2D eigenvalue weighted by molar-refractivity contribution is -0.385. The van der Waals surface area contributed by atoms with Crippen LogP contribution in [0.1, 0.15) is 19.0 Å². The standard InChI is InChI=1S/C9H10BrClN2O2/c1-2-6(10)3-8-9(13(14)15)4-7(11)5-12-8/h4-6H,2-3H2,1H3. The number of halogens is 2. The maximum absolute atomic E-state index is 10.7. The van der Waals surface area contributed by atoms with E-state index in [1.807, 2.05) is 6.92 Å². The summed E-state index contributed by atoms with van der Waals surface area (Å²) in [5.74, 6) is 0. The molecule has 0 saturated heterocycles. The summed E-state index contributed by atoms with van der Waals surface area (Å²) in [6.07, 6.45) is 2.85. The largest absolute Gasteiger partial charge is 0.292 e. The molecule has 82 valence electrons. The lowest BCUT2D eigenvalue weighted by Gasteiger charge is -2.06. The van der Waals surface area contributed by atoms with Crippen molar-refractivity contribution in [2.45, 2.75) is 24.6 Å². The number of alkyl halides is 1. The number of pyridine rings is 1. The van der Waals surface area contributed by atoms with Gasteiger partial charge in [0.1, 0.15) is 5.69 Å². The van der Waals surface area contributed by atoms with E-state index in [9.17, 15) is 10.1 Å². The number of nitrogens with zero attached hydrogens (tertiary/aromatic N) is 2. The third-order valence-corrected chi connectivity index (χ3v) is 3.15. The van der Waals surface area contributed by atoms with E-state index >= 15 is 0 Å². The van der Waals surface area contributed by atoms with Gasteiger partial charge in [0.15, 0.2) is 0 Å². The third-order valence-electron chi connectivity index (χ3n) is 1.97. The minimum Gasteiger partial charge on any atom is -0.258 e. The molecule has 15 heavy (non-hydrogen) atoms. The van der Waals surface area contributed by atoms with Crippen LogP contribution in [0.2, 0.25) is 5.02 Å². The Labute approximate surface area is 101 Å². The molecular formula is C9H10BrClN2O2. The molecule has 0 aromatic carbocycles. The molecule has 1 unspecified atom stereocenters. The maximum atomic E-state index is 10.7. The zero-order chi connectivity index (χ0) is 11.4. The first-order valence-corrected chi connectivity index (χ1v) is 5.76. The Hall–Kier alpha value is -0.680. The van der Waals surface area contributed by atoms with Gasteiger partial charge in [0.25, 0.3) is 5.69 Å². The van der Waals surface area contributed by atoms with Crippen LogP contribution in [-0.4, -0.2) is 14.7 Å². The fourth-order valence-corrected chi connectivity index (χ4v) is 1.59. The molecule has 0 radical (unpaired) electrons. The molecule has 0 bridgehead atoms. The number of nitro groups is 1. The zero-order valence-electron chi connectivity index (χ0n) is 8.11. The second-order valence-electron chi connectivity index (χ2n) is 3.09. The first-order chi connectivity index (χ1) is 7.04. The second kappa shape index (κ2) is 5.42. The smallest absolute Gasteiger partial charge is 0.258 e. The van der Waals surface area contributed by atoms with Crippen LogP contribution >= 0.6 is 27.5 Å². The molecule has 0 aliphatic rings. The van der Waals surface area contributed by atoms with E-state index in [2.05, 4.69) is 20.9 Å². The van der Waals surface area contributed by atoms with Crippen molar-refractivity contribution in [1.29, 1.82) is 0 Å². The van der Waals surface area contributed by atoms with E-state index in [1.165, 1.54) is 12.3 Å². The van der Waals surface area contributed by atoms with Crippen molar-refractivity contribution in [3.8, 4) is 0 Å². The second-order valence-corrected chi connectivity index (χ2v) is 4.82. The lowest BCUT2D eigenvalue weighted by Crippen LogP contribution is -2.06. The molecule has 4 nitrogen and oxygen atoms in total. The van der Waals surface area contributed by atoms with Gasteiger partial charge in [0, 0.05) is 23.5 Å². The van der Waals surface area contributed by atoms with Gasteiger partial charge in [-0.15, -0.1) is 0 Å². The molecule has 1 aromatic rings. The van der Waals surface area contributed by atoms with Crippen LogP contribution in [0.3, 0.4) is 0 Å². The van der Waals surface area contributed by atoms with Crippen LogP contribution in [0.4, 0.5) is 5.69 Å². The van der Waals surface area contributed by atoms with Crippen molar-refractivity contribution in [1.82, 2.24) is 4.98 Å². The summed E-state index contributed by atoms with van der Waals surface area (Å²) in [6.45, 7) is 2.00. The molecule has 0 fully saturated rings. The minimum absolute atomic E-state index is 0.0135. The van der Waals surface area contributed by atoms with Crippen molar-refractivity contribution >= 4 is 33.2 Å². The van der Waals surface area contributed by atoms with Crippen molar-refractivity contribution in [3.63, 3.8) is 0 Å². The summed E-state index contributed by atoms with van der Waals surface area (Å²) >= 11 is 9.07. The van der Waals surface area contributed by atoms with Gasteiger partial charge in [0.05, 0.1) is 9.95 Å². The summed E-state index contributed by atoms with van der Waals surface area (Å²) in [7, 11) is 0. The van der Waals surface area contributed by atoms with E-state index in [0.717, 1.165) is 6.42 Å². The Kier molecular flexibility index (Phi) is 4.47. The summed E-state index contributed by atoms with van der Waals surface area (Å²) in [5, 5.41) is 11.0. The molecule has 1 rings (SSSR count). The Bertz CT molecular complexity index is 373. The lowest BCUT2D eigenvalue weighted by atomic mass is 10.1. The van der Waals surface area contributed by atoms with Crippen molar-refractivity contribution < 1.29 is 4.92 Å². The SMILES string of the molecule is CCC(Br)Cc1ncc(Cl)cc1[N+](=O)[O-]. The first kappa shape index (κ1) is 12.4. The summed E-state index contributed by atoms with van der Waals surface area (Å²) in [4.78, 5) is 14.5. The number of rotatable bonds is 4. The van der Waals surface area contributed by atoms with E-state index in [0.29, 0.717) is 12.1 Å². The average Bonchev–Trinajstić information content (AvgIpc) is 2.20. The molecular weight excluding hydrogens is 283 g/mol. The molecule has 0 spiro atoms. The van der Waals surface area contributed by atoms with Crippen LogP contribution in [-0.2, 0) is 6.42 Å². The summed E-state index contributed by atoms with van der Waals surface area (Å²) in [6, 6.07) is 1.33. The predicted octanol–water partition coefficient (Wildman–Crippen LogP) is 3.36. The van der Waals surface area contributed by atoms with Gasteiger partial charge in [-0.05, 0) is 6.42 Å². The minimum atomic E-state index is -0.455. The van der Waals surface area contributed by atoms with Gasteiger partial charge in [0.2, 0.25) is 0 Å². The third kappa shape index (κ3) is 3.43. The average molecular weight is 294 g/mol. The van der Waals surface area contributed by atoms with Gasteiger partial charge in [-0.3, -0.25) is 15.1 Å². The monoisotopic (exact) mass is 292 g/mol. The van der Waals surface area contributed by atoms with Crippen molar-refractivity contribution in [2.24, 2.45) is 0 Å². The fraction of sp³-hybridized carbons (Fsp3) is 0.444. The fourth-order valence-electron chi connectivity index (χ4n) is 1.13. The molecule has 0 saturated carbocycles. The number of hydrogen-bond donors (Lipinski definition) is 0. The Balaban J connectivity index is 3.01. The first-order valence-electron chi connectivity index (χ1n) is 4.47. The molecule has 0 aliphatic heterocycles. The van der Waals surface area contributed by atoms with Gasteiger partial charge < -0.3 is 0 Å². The highest BCUT2D eigenvalue weighted by atomic mass is 79.9. The highest BCUT2D eigenvalue weighted by Gasteiger charge is 2.17. The molecule has 1 heterocycles. The van der Waals surface area contributed by atoms with Gasteiger partial charge in [-0.25, -0.2) is 0 Å². The van der Waals surface area contributed by atoms with Gasteiger partial charge in [-0.2, -0.15) is 0 Å². The maximum Gasteiger partial charge on any atom is 0.292 e. The normalized spacial score (nSPS) is 12.5. The van der Waals surface area contributed by atoms with Gasteiger partial charge >= 0.3 is 0 Å². The van der Waals surface area contributed by atoms with Crippen LogP contribution in [0, 0.1) is 10.1 Å². The van der Waals surface area contributed by atoms with E-state index in [4.69, 9.17) is 11.6 Å². The van der Waals surface area contributed by atoms with Gasteiger partial charge in [-0.1, -0.05) is 34.5 Å². The Morgan fingerprint density at radius 2 is 2.40 bits per heavy atom. The molecule has 0 amide bonds. The zero-order valence-corrected chi connectivity index (χ0v) is 10.5. The van der Waals surface area contributed by atoms with Crippen molar-refractivity contribution in [2.75, 3.05) is 0 Å². The van der Waals surface area contributed by atoms with Crippen molar-refractivity contribution in [3.05, 3.63) is 33.1 Å². The summed E-state index contributed by atoms with van der Waals surface area (Å²) in [5.41, 5.74) is 0.452. The molecule has 0 aliphatic carbocycles. The van der Waals surface area contributed by atoms with E-state index < -0.39 is 4.92 Å². The molecule has 0 N–H and O–H groups in total. The van der Waals surface area contributed by atoms with Crippen LogP contribution in [0.5, 0.6) is 0 Å².